The van der Waals surface area contributed by atoms with Gasteiger partial charge in [0.25, 0.3) is 0 Å². The molecule has 5 heteroatoms. The van der Waals surface area contributed by atoms with Gasteiger partial charge in [0.15, 0.2) is 0 Å². The molecule has 0 aromatic carbocycles. The van der Waals surface area contributed by atoms with E-state index in [1.807, 2.05) is 17.3 Å². The molecule has 0 radical (unpaired) electrons. The van der Waals surface area contributed by atoms with Gasteiger partial charge in [-0.1, -0.05) is 19.8 Å². The molecule has 0 aliphatic heterocycles. The highest BCUT2D eigenvalue weighted by molar-refractivity contribution is 9.10. The molecule has 114 valence electrons. The number of hydrogen-bond donors (Lipinski definition) is 1. The van der Waals surface area contributed by atoms with E-state index in [2.05, 4.69) is 28.9 Å². The molecule has 1 heterocycles. The first kappa shape index (κ1) is 17.7. The van der Waals surface area contributed by atoms with Crippen LogP contribution < -0.4 is 5.73 Å². The van der Waals surface area contributed by atoms with Gasteiger partial charge in [-0.2, -0.15) is 0 Å². The molecule has 1 amide bonds. The number of thiophene rings is 1. The van der Waals surface area contributed by atoms with Gasteiger partial charge in [0.05, 0.1) is 6.54 Å². The lowest BCUT2D eigenvalue weighted by atomic mass is 9.94. The standard InChI is InChI=1S/C15H25BrN2OS/c1-3-4-12(7-8-17)5-6-15(19)18(2)10-14-9-13(16)11-20-14/h9,11-12H,3-8,10,17H2,1-2H3. The van der Waals surface area contributed by atoms with Crippen molar-refractivity contribution in [2.24, 2.45) is 11.7 Å². The van der Waals surface area contributed by atoms with Gasteiger partial charge in [0, 0.05) is 28.2 Å². The van der Waals surface area contributed by atoms with Gasteiger partial charge < -0.3 is 10.6 Å². The number of nitrogens with two attached hydrogens (primary N) is 1. The quantitative estimate of drug-likeness (QED) is 0.722. The maximum atomic E-state index is 12.2. The molecule has 0 aliphatic carbocycles. The van der Waals surface area contributed by atoms with Crippen molar-refractivity contribution in [3.05, 3.63) is 20.8 Å². The zero-order valence-corrected chi connectivity index (χ0v) is 14.8. The molecular formula is C15H25BrN2OS. The summed E-state index contributed by atoms with van der Waals surface area (Å²) in [7, 11) is 1.88. The first-order valence-electron chi connectivity index (χ1n) is 7.23. The predicted octanol–water partition coefficient (Wildman–Crippen LogP) is 4.01. The summed E-state index contributed by atoms with van der Waals surface area (Å²) >= 11 is 5.12. The summed E-state index contributed by atoms with van der Waals surface area (Å²) in [5, 5.41) is 2.05. The fourth-order valence-corrected chi connectivity index (χ4v) is 3.86. The monoisotopic (exact) mass is 360 g/mol. The normalized spacial score (nSPS) is 12.4. The summed E-state index contributed by atoms with van der Waals surface area (Å²) in [5.74, 6) is 0.825. The number of hydrogen-bond acceptors (Lipinski definition) is 3. The molecule has 1 aromatic rings. The highest BCUT2D eigenvalue weighted by Crippen LogP contribution is 2.22. The number of amides is 1. The van der Waals surface area contributed by atoms with E-state index in [9.17, 15) is 4.79 Å². The lowest BCUT2D eigenvalue weighted by Gasteiger charge is -2.19. The minimum atomic E-state index is 0.229. The zero-order chi connectivity index (χ0) is 15.0. The van der Waals surface area contributed by atoms with Gasteiger partial charge in [-0.15, -0.1) is 11.3 Å². The third-order valence-electron chi connectivity index (χ3n) is 3.48. The third-order valence-corrected chi connectivity index (χ3v) is 5.16. The van der Waals surface area contributed by atoms with E-state index in [0.717, 1.165) is 30.3 Å². The van der Waals surface area contributed by atoms with Crippen LogP contribution in [0.25, 0.3) is 0 Å². The first-order valence-corrected chi connectivity index (χ1v) is 8.91. The number of nitrogens with zero attached hydrogens (tertiary/aromatic N) is 1. The number of carbonyl (C=O) groups is 1. The fourth-order valence-electron chi connectivity index (χ4n) is 2.35. The van der Waals surface area contributed by atoms with Crippen LogP contribution in [0.2, 0.25) is 0 Å². The SMILES string of the molecule is CCCC(CCN)CCC(=O)N(C)Cc1cc(Br)cs1. The summed E-state index contributed by atoms with van der Waals surface area (Å²) in [6.07, 6.45) is 4.96. The molecule has 0 saturated heterocycles. The Hall–Kier alpha value is -0.390. The Morgan fingerprint density at radius 1 is 1.45 bits per heavy atom. The van der Waals surface area contributed by atoms with Crippen LogP contribution in [0.3, 0.4) is 0 Å². The molecule has 1 aromatic heterocycles. The maximum absolute atomic E-state index is 12.2. The fraction of sp³-hybridized carbons (Fsp3) is 0.667. The van der Waals surface area contributed by atoms with Crippen LogP contribution in [0.5, 0.6) is 0 Å². The van der Waals surface area contributed by atoms with Crippen molar-refractivity contribution in [2.75, 3.05) is 13.6 Å². The summed E-state index contributed by atoms with van der Waals surface area (Å²) in [6.45, 7) is 3.61. The second-order valence-electron chi connectivity index (χ2n) is 5.25. The van der Waals surface area contributed by atoms with Gasteiger partial charge in [0.1, 0.15) is 0 Å². The van der Waals surface area contributed by atoms with Gasteiger partial charge in [-0.25, -0.2) is 0 Å². The van der Waals surface area contributed by atoms with Crippen LogP contribution in [-0.4, -0.2) is 24.4 Å². The largest absolute Gasteiger partial charge is 0.341 e. The van der Waals surface area contributed by atoms with E-state index in [1.54, 1.807) is 11.3 Å². The Balaban J connectivity index is 2.36. The van der Waals surface area contributed by atoms with Crippen LogP contribution in [-0.2, 0) is 11.3 Å². The van der Waals surface area contributed by atoms with Gasteiger partial charge in [0.2, 0.25) is 5.91 Å². The summed E-state index contributed by atoms with van der Waals surface area (Å²) in [5.41, 5.74) is 5.63. The molecule has 2 N–H and O–H groups in total. The first-order chi connectivity index (χ1) is 9.56. The molecule has 0 spiro atoms. The van der Waals surface area contributed by atoms with E-state index < -0.39 is 0 Å². The van der Waals surface area contributed by atoms with Gasteiger partial charge >= 0.3 is 0 Å². The second kappa shape index (κ2) is 9.53. The zero-order valence-electron chi connectivity index (χ0n) is 12.4. The molecule has 1 atom stereocenters. The van der Waals surface area contributed by atoms with Crippen molar-refractivity contribution in [1.82, 2.24) is 4.90 Å². The Labute approximate surface area is 134 Å². The Bertz CT molecular complexity index is 402. The minimum Gasteiger partial charge on any atom is -0.341 e. The molecule has 0 bridgehead atoms. The molecule has 20 heavy (non-hydrogen) atoms. The van der Waals surface area contributed by atoms with Gasteiger partial charge in [-0.05, 0) is 47.3 Å². The minimum absolute atomic E-state index is 0.229. The van der Waals surface area contributed by atoms with Crippen molar-refractivity contribution in [3.8, 4) is 0 Å². The highest BCUT2D eigenvalue weighted by atomic mass is 79.9. The van der Waals surface area contributed by atoms with E-state index >= 15 is 0 Å². The van der Waals surface area contributed by atoms with Gasteiger partial charge in [-0.3, -0.25) is 4.79 Å². The average Bonchev–Trinajstić information content (AvgIpc) is 2.81. The second-order valence-corrected chi connectivity index (χ2v) is 7.16. The molecule has 0 aliphatic rings. The molecule has 0 fully saturated rings. The van der Waals surface area contributed by atoms with E-state index in [4.69, 9.17) is 5.73 Å². The smallest absolute Gasteiger partial charge is 0.222 e. The van der Waals surface area contributed by atoms with E-state index in [-0.39, 0.29) is 5.91 Å². The number of carbonyl (C=O) groups excluding carboxylic acids is 1. The van der Waals surface area contributed by atoms with Crippen molar-refractivity contribution >= 4 is 33.2 Å². The van der Waals surface area contributed by atoms with Crippen molar-refractivity contribution < 1.29 is 4.79 Å². The molecule has 3 nitrogen and oxygen atoms in total. The third kappa shape index (κ3) is 6.37. The lowest BCUT2D eigenvalue weighted by molar-refractivity contribution is -0.130. The average molecular weight is 361 g/mol. The maximum Gasteiger partial charge on any atom is 0.222 e. The predicted molar refractivity (Wildman–Crippen MR) is 89.8 cm³/mol. The highest BCUT2D eigenvalue weighted by Gasteiger charge is 2.14. The van der Waals surface area contributed by atoms with Crippen LogP contribution in [0, 0.1) is 5.92 Å². The van der Waals surface area contributed by atoms with E-state index in [1.165, 1.54) is 11.3 Å². The Morgan fingerprint density at radius 2 is 2.20 bits per heavy atom. The van der Waals surface area contributed by atoms with Crippen molar-refractivity contribution in [2.45, 2.75) is 45.6 Å². The lowest BCUT2D eigenvalue weighted by Crippen LogP contribution is -2.26. The van der Waals surface area contributed by atoms with Crippen molar-refractivity contribution in [3.63, 3.8) is 0 Å². The molecule has 1 rings (SSSR count). The van der Waals surface area contributed by atoms with Crippen LogP contribution in [0.4, 0.5) is 0 Å². The number of halogens is 1. The Morgan fingerprint density at radius 3 is 2.75 bits per heavy atom. The van der Waals surface area contributed by atoms with Crippen molar-refractivity contribution in [1.29, 1.82) is 0 Å². The summed E-state index contributed by atoms with van der Waals surface area (Å²) in [4.78, 5) is 15.2. The molecular weight excluding hydrogens is 336 g/mol. The van der Waals surface area contributed by atoms with Crippen LogP contribution >= 0.6 is 27.3 Å². The van der Waals surface area contributed by atoms with Crippen LogP contribution in [0.15, 0.2) is 15.9 Å². The topological polar surface area (TPSA) is 46.3 Å². The summed E-state index contributed by atoms with van der Waals surface area (Å²) < 4.78 is 1.09. The van der Waals surface area contributed by atoms with Crippen LogP contribution in [0.1, 0.15) is 43.9 Å². The van der Waals surface area contributed by atoms with E-state index in [0.29, 0.717) is 18.9 Å². The Kier molecular flexibility index (Phi) is 8.41. The number of rotatable bonds is 9. The molecule has 1 unspecified atom stereocenters. The molecule has 0 saturated carbocycles. The summed E-state index contributed by atoms with van der Waals surface area (Å²) in [6, 6.07) is 2.07.